The molecule has 2 rings (SSSR count). The first-order valence-electron chi connectivity index (χ1n) is 8.90. The molecule has 0 spiro atoms. The van der Waals surface area contributed by atoms with E-state index >= 15 is 0 Å². The van der Waals surface area contributed by atoms with E-state index in [4.69, 9.17) is 9.84 Å². The van der Waals surface area contributed by atoms with E-state index in [1.165, 1.54) is 0 Å². The molecular weight excluding hydrogens is 344 g/mol. The van der Waals surface area contributed by atoms with Gasteiger partial charge in [0.1, 0.15) is 11.8 Å². The molecular formula is C21H26N2O4. The third-order valence-electron chi connectivity index (χ3n) is 4.21. The lowest BCUT2D eigenvalue weighted by atomic mass is 10.0. The minimum absolute atomic E-state index is 0.0819. The van der Waals surface area contributed by atoms with E-state index < -0.39 is 6.04 Å². The first kappa shape index (κ1) is 20.5. The molecule has 3 N–H and O–H groups in total. The topological polar surface area (TPSA) is 87.7 Å². The Morgan fingerprint density at radius 3 is 2.19 bits per heavy atom. The number of benzene rings is 2. The molecule has 1 unspecified atom stereocenters. The van der Waals surface area contributed by atoms with Gasteiger partial charge < -0.3 is 20.5 Å². The van der Waals surface area contributed by atoms with Gasteiger partial charge in [0.05, 0.1) is 7.11 Å². The van der Waals surface area contributed by atoms with Crippen molar-refractivity contribution in [2.45, 2.75) is 26.3 Å². The van der Waals surface area contributed by atoms with Crippen molar-refractivity contribution in [1.82, 2.24) is 5.32 Å². The van der Waals surface area contributed by atoms with Gasteiger partial charge in [-0.2, -0.15) is 0 Å². The maximum atomic E-state index is 12.6. The van der Waals surface area contributed by atoms with E-state index in [9.17, 15) is 9.59 Å². The highest BCUT2D eigenvalue weighted by atomic mass is 16.5. The number of nitrogens with one attached hydrogen (secondary N) is 2. The van der Waals surface area contributed by atoms with Gasteiger partial charge in [-0.05, 0) is 54.3 Å². The molecule has 0 saturated heterocycles. The average Bonchev–Trinajstić information content (AvgIpc) is 2.67. The number of rotatable bonds is 8. The van der Waals surface area contributed by atoms with Crippen LogP contribution < -0.4 is 15.4 Å². The van der Waals surface area contributed by atoms with Crippen molar-refractivity contribution >= 4 is 17.5 Å². The molecule has 6 heteroatoms. The number of methoxy groups -OCH3 is 1. The smallest absolute Gasteiger partial charge is 0.251 e. The van der Waals surface area contributed by atoms with Gasteiger partial charge in [0, 0.05) is 17.9 Å². The van der Waals surface area contributed by atoms with Crippen molar-refractivity contribution in [2.24, 2.45) is 5.92 Å². The van der Waals surface area contributed by atoms with Crippen molar-refractivity contribution < 1.29 is 19.4 Å². The second-order valence-electron chi connectivity index (χ2n) is 6.58. The molecule has 0 aliphatic rings. The number of hydrogen-bond donors (Lipinski definition) is 3. The molecule has 0 aliphatic heterocycles. The van der Waals surface area contributed by atoms with Crippen LogP contribution in [-0.2, 0) is 11.2 Å². The summed E-state index contributed by atoms with van der Waals surface area (Å²) in [6.45, 7) is 3.84. The third kappa shape index (κ3) is 5.82. The van der Waals surface area contributed by atoms with Crippen LogP contribution in [-0.4, -0.2) is 36.7 Å². The molecule has 0 bridgehead atoms. The zero-order valence-electron chi connectivity index (χ0n) is 15.9. The Labute approximate surface area is 159 Å². The molecule has 1 atom stereocenters. The van der Waals surface area contributed by atoms with Gasteiger partial charge in [-0.25, -0.2) is 0 Å². The fraction of sp³-hybridized carbons (Fsp3) is 0.333. The molecule has 0 heterocycles. The van der Waals surface area contributed by atoms with Crippen LogP contribution in [0.3, 0.4) is 0 Å². The van der Waals surface area contributed by atoms with Crippen LogP contribution >= 0.6 is 0 Å². The molecule has 0 aliphatic carbocycles. The second-order valence-corrected chi connectivity index (χ2v) is 6.58. The first-order valence-corrected chi connectivity index (χ1v) is 8.90. The minimum Gasteiger partial charge on any atom is -0.497 e. The minimum atomic E-state index is -0.670. The highest BCUT2D eigenvalue weighted by Gasteiger charge is 2.24. The zero-order chi connectivity index (χ0) is 19.8. The number of aliphatic hydroxyl groups excluding tert-OH is 1. The number of anilines is 1. The van der Waals surface area contributed by atoms with Crippen molar-refractivity contribution in [1.29, 1.82) is 0 Å². The van der Waals surface area contributed by atoms with Gasteiger partial charge in [-0.3, -0.25) is 9.59 Å². The summed E-state index contributed by atoms with van der Waals surface area (Å²) < 4.78 is 5.09. The number of amides is 2. The number of hydrogen-bond acceptors (Lipinski definition) is 4. The molecule has 144 valence electrons. The molecule has 2 aromatic carbocycles. The van der Waals surface area contributed by atoms with Crippen LogP contribution in [0.5, 0.6) is 5.75 Å². The molecule has 0 saturated carbocycles. The van der Waals surface area contributed by atoms with Gasteiger partial charge in [0.15, 0.2) is 0 Å². The highest BCUT2D eigenvalue weighted by molar-refractivity contribution is 6.01. The van der Waals surface area contributed by atoms with E-state index in [-0.39, 0.29) is 24.3 Å². The van der Waals surface area contributed by atoms with Gasteiger partial charge in [0.25, 0.3) is 5.91 Å². The fourth-order valence-electron chi connectivity index (χ4n) is 2.61. The van der Waals surface area contributed by atoms with E-state index in [1.54, 1.807) is 43.5 Å². The van der Waals surface area contributed by atoms with Crippen LogP contribution in [0.25, 0.3) is 0 Å². The van der Waals surface area contributed by atoms with Gasteiger partial charge in [0.2, 0.25) is 5.91 Å². The number of aliphatic hydroxyl groups is 1. The molecule has 0 aromatic heterocycles. The van der Waals surface area contributed by atoms with Crippen LogP contribution in [0.4, 0.5) is 5.69 Å². The zero-order valence-corrected chi connectivity index (χ0v) is 15.9. The molecule has 0 fully saturated rings. The van der Waals surface area contributed by atoms with Gasteiger partial charge >= 0.3 is 0 Å². The van der Waals surface area contributed by atoms with Crippen LogP contribution in [0.1, 0.15) is 29.8 Å². The summed E-state index contributed by atoms with van der Waals surface area (Å²) in [6.07, 6.45) is 0.570. The Kier molecular flexibility index (Phi) is 7.37. The molecule has 2 amide bonds. The number of carbonyl (C=O) groups is 2. The van der Waals surface area contributed by atoms with Crippen molar-refractivity contribution in [3.8, 4) is 5.75 Å². The molecule has 0 radical (unpaired) electrons. The van der Waals surface area contributed by atoms with Crippen LogP contribution in [0.2, 0.25) is 0 Å². The predicted octanol–water partition coefficient (Wildman–Crippen LogP) is 2.62. The molecule has 27 heavy (non-hydrogen) atoms. The fourth-order valence-corrected chi connectivity index (χ4v) is 2.61. The molecule has 2 aromatic rings. The van der Waals surface area contributed by atoms with Crippen LogP contribution in [0, 0.1) is 5.92 Å². The SMILES string of the molecule is COc1ccc(C(=O)NC(C(=O)Nc2ccc(CCO)cc2)C(C)C)cc1. The van der Waals surface area contributed by atoms with Crippen molar-refractivity contribution in [2.75, 3.05) is 19.0 Å². The predicted molar refractivity (Wildman–Crippen MR) is 105 cm³/mol. The van der Waals surface area contributed by atoms with Crippen molar-refractivity contribution in [3.05, 3.63) is 59.7 Å². The first-order chi connectivity index (χ1) is 12.9. The Morgan fingerprint density at radius 1 is 1.04 bits per heavy atom. The number of ether oxygens (including phenoxy) is 1. The maximum absolute atomic E-state index is 12.6. The van der Waals surface area contributed by atoms with E-state index in [0.29, 0.717) is 23.4 Å². The van der Waals surface area contributed by atoms with Gasteiger partial charge in [-0.15, -0.1) is 0 Å². The van der Waals surface area contributed by atoms with E-state index in [0.717, 1.165) is 5.56 Å². The van der Waals surface area contributed by atoms with Gasteiger partial charge in [-0.1, -0.05) is 26.0 Å². The summed E-state index contributed by atoms with van der Waals surface area (Å²) >= 11 is 0. The Bertz CT molecular complexity index is 755. The Balaban J connectivity index is 2.04. The summed E-state index contributed by atoms with van der Waals surface area (Å²) in [7, 11) is 1.56. The second kappa shape index (κ2) is 9.73. The Hall–Kier alpha value is -2.86. The normalized spacial score (nSPS) is 11.7. The highest BCUT2D eigenvalue weighted by Crippen LogP contribution is 2.14. The van der Waals surface area contributed by atoms with E-state index in [2.05, 4.69) is 10.6 Å². The quantitative estimate of drug-likeness (QED) is 0.667. The summed E-state index contributed by atoms with van der Waals surface area (Å²) in [5.74, 6) is -0.0122. The largest absolute Gasteiger partial charge is 0.497 e. The lowest BCUT2D eigenvalue weighted by molar-refractivity contribution is -0.118. The van der Waals surface area contributed by atoms with E-state index in [1.807, 2.05) is 26.0 Å². The summed E-state index contributed by atoms with van der Waals surface area (Å²) in [4.78, 5) is 25.1. The summed E-state index contributed by atoms with van der Waals surface area (Å²) in [5.41, 5.74) is 2.09. The summed E-state index contributed by atoms with van der Waals surface area (Å²) in [5, 5.41) is 14.6. The monoisotopic (exact) mass is 370 g/mol. The third-order valence-corrected chi connectivity index (χ3v) is 4.21. The van der Waals surface area contributed by atoms with Crippen molar-refractivity contribution in [3.63, 3.8) is 0 Å². The molecule has 6 nitrogen and oxygen atoms in total. The lowest BCUT2D eigenvalue weighted by Crippen LogP contribution is -2.47. The van der Waals surface area contributed by atoms with Crippen LogP contribution in [0.15, 0.2) is 48.5 Å². The standard InChI is InChI=1S/C21H26N2O4/c1-14(2)19(23-20(25)16-6-10-18(27-3)11-7-16)21(26)22-17-8-4-15(5-9-17)12-13-24/h4-11,14,19,24H,12-13H2,1-3H3,(H,22,26)(H,23,25). The number of carbonyl (C=O) groups excluding carboxylic acids is 2. The Morgan fingerprint density at radius 2 is 1.67 bits per heavy atom. The lowest BCUT2D eigenvalue weighted by Gasteiger charge is -2.22. The maximum Gasteiger partial charge on any atom is 0.251 e. The summed E-state index contributed by atoms with van der Waals surface area (Å²) in [6, 6.07) is 13.3. The average molecular weight is 370 g/mol.